The summed E-state index contributed by atoms with van der Waals surface area (Å²) in [6.07, 6.45) is 5.25. The van der Waals surface area contributed by atoms with Crippen molar-refractivity contribution in [3.8, 4) is 5.75 Å². The second-order valence-electron chi connectivity index (χ2n) is 5.84. The molecule has 0 saturated carbocycles. The van der Waals surface area contributed by atoms with E-state index in [4.69, 9.17) is 4.74 Å². The SMILES string of the molecule is CCOc1cc(C(=O)N2CCC[C@@H](n3cncn3)C2)ccc1C. The molecular formula is C17H22N4O2. The van der Waals surface area contributed by atoms with Gasteiger partial charge in [-0.2, -0.15) is 5.10 Å². The molecule has 0 unspecified atom stereocenters. The van der Waals surface area contributed by atoms with Crippen LogP contribution < -0.4 is 4.74 Å². The number of benzene rings is 1. The molecule has 0 N–H and O–H groups in total. The highest BCUT2D eigenvalue weighted by Gasteiger charge is 2.26. The molecule has 2 heterocycles. The van der Waals surface area contributed by atoms with Gasteiger partial charge < -0.3 is 9.64 Å². The fourth-order valence-corrected chi connectivity index (χ4v) is 2.99. The van der Waals surface area contributed by atoms with Crippen LogP contribution in [0.2, 0.25) is 0 Å². The van der Waals surface area contributed by atoms with Gasteiger partial charge in [0, 0.05) is 18.7 Å². The predicted molar refractivity (Wildman–Crippen MR) is 86.5 cm³/mol. The lowest BCUT2D eigenvalue weighted by Gasteiger charge is -2.32. The summed E-state index contributed by atoms with van der Waals surface area (Å²) in [4.78, 5) is 18.7. The monoisotopic (exact) mass is 314 g/mol. The molecule has 1 aromatic carbocycles. The molecule has 1 aromatic heterocycles. The van der Waals surface area contributed by atoms with E-state index in [-0.39, 0.29) is 11.9 Å². The minimum Gasteiger partial charge on any atom is -0.494 e. The topological polar surface area (TPSA) is 60.2 Å². The fraction of sp³-hybridized carbons (Fsp3) is 0.471. The standard InChI is InChI=1S/C17H22N4O2/c1-3-23-16-9-14(7-6-13(16)2)17(22)20-8-4-5-15(10-20)21-12-18-11-19-21/h6-7,9,11-12,15H,3-5,8,10H2,1-2H3/t15-/m1/s1. The third-order valence-electron chi connectivity index (χ3n) is 4.23. The zero-order valence-electron chi connectivity index (χ0n) is 13.6. The molecule has 1 amide bonds. The quantitative estimate of drug-likeness (QED) is 0.870. The van der Waals surface area contributed by atoms with Crippen LogP contribution in [0.5, 0.6) is 5.75 Å². The van der Waals surface area contributed by atoms with Crippen molar-refractivity contribution in [1.29, 1.82) is 0 Å². The van der Waals surface area contributed by atoms with Crippen molar-refractivity contribution in [1.82, 2.24) is 19.7 Å². The highest BCUT2D eigenvalue weighted by Crippen LogP contribution is 2.24. The van der Waals surface area contributed by atoms with Gasteiger partial charge in [0.25, 0.3) is 5.91 Å². The van der Waals surface area contributed by atoms with Crippen LogP contribution in [0.25, 0.3) is 0 Å². The van der Waals surface area contributed by atoms with E-state index < -0.39 is 0 Å². The average molecular weight is 314 g/mol. The normalized spacial score (nSPS) is 18.0. The number of nitrogens with zero attached hydrogens (tertiary/aromatic N) is 4. The maximum atomic E-state index is 12.8. The molecule has 1 fully saturated rings. The molecule has 1 atom stereocenters. The van der Waals surface area contributed by atoms with Crippen molar-refractivity contribution in [2.24, 2.45) is 0 Å². The van der Waals surface area contributed by atoms with E-state index in [0.717, 1.165) is 30.7 Å². The second-order valence-corrected chi connectivity index (χ2v) is 5.84. The molecule has 1 aliphatic heterocycles. The van der Waals surface area contributed by atoms with Gasteiger partial charge in [-0.3, -0.25) is 4.79 Å². The molecule has 0 spiro atoms. The number of piperidine rings is 1. The van der Waals surface area contributed by atoms with Gasteiger partial charge in [0.1, 0.15) is 18.4 Å². The Morgan fingerprint density at radius 2 is 2.30 bits per heavy atom. The number of amides is 1. The maximum absolute atomic E-state index is 12.8. The summed E-state index contributed by atoms with van der Waals surface area (Å²) in [5, 5.41) is 4.20. The second kappa shape index (κ2) is 6.81. The molecule has 0 bridgehead atoms. The Balaban J connectivity index is 1.76. The lowest BCUT2D eigenvalue weighted by Crippen LogP contribution is -2.40. The van der Waals surface area contributed by atoms with Gasteiger partial charge in [-0.15, -0.1) is 0 Å². The molecule has 3 rings (SSSR count). The summed E-state index contributed by atoms with van der Waals surface area (Å²) in [5.74, 6) is 0.832. The van der Waals surface area contributed by atoms with E-state index in [0.29, 0.717) is 18.7 Å². The number of hydrogen-bond acceptors (Lipinski definition) is 4. The van der Waals surface area contributed by atoms with Gasteiger partial charge in [0.2, 0.25) is 0 Å². The first-order valence-corrected chi connectivity index (χ1v) is 8.06. The highest BCUT2D eigenvalue weighted by molar-refractivity contribution is 5.94. The molecule has 1 aliphatic rings. The van der Waals surface area contributed by atoms with E-state index >= 15 is 0 Å². The number of ether oxygens (including phenoxy) is 1. The zero-order valence-corrected chi connectivity index (χ0v) is 13.6. The first-order valence-electron chi connectivity index (χ1n) is 8.06. The Labute approximate surface area is 136 Å². The Morgan fingerprint density at radius 1 is 1.43 bits per heavy atom. The van der Waals surface area contributed by atoms with Crippen molar-refractivity contribution in [3.63, 3.8) is 0 Å². The van der Waals surface area contributed by atoms with Gasteiger partial charge in [-0.05, 0) is 44.4 Å². The molecule has 6 nitrogen and oxygen atoms in total. The number of aromatic nitrogens is 3. The van der Waals surface area contributed by atoms with Crippen molar-refractivity contribution < 1.29 is 9.53 Å². The Morgan fingerprint density at radius 3 is 3.04 bits per heavy atom. The zero-order chi connectivity index (χ0) is 16.2. The predicted octanol–water partition coefficient (Wildman–Crippen LogP) is 2.46. The molecule has 0 radical (unpaired) electrons. The summed E-state index contributed by atoms with van der Waals surface area (Å²) >= 11 is 0. The van der Waals surface area contributed by atoms with Gasteiger partial charge in [-0.25, -0.2) is 9.67 Å². The van der Waals surface area contributed by atoms with Crippen LogP contribution >= 0.6 is 0 Å². The van der Waals surface area contributed by atoms with Crippen LogP contribution in [0.1, 0.15) is 41.7 Å². The Kier molecular flexibility index (Phi) is 4.60. The molecule has 6 heteroatoms. The van der Waals surface area contributed by atoms with Crippen LogP contribution in [0.4, 0.5) is 0 Å². The van der Waals surface area contributed by atoms with Gasteiger partial charge in [0.05, 0.1) is 12.6 Å². The van der Waals surface area contributed by atoms with E-state index in [2.05, 4.69) is 10.1 Å². The number of rotatable bonds is 4. The summed E-state index contributed by atoms with van der Waals surface area (Å²) < 4.78 is 7.45. The Bertz CT molecular complexity index is 669. The lowest BCUT2D eigenvalue weighted by molar-refractivity contribution is 0.0672. The number of carbonyl (C=O) groups excluding carboxylic acids is 1. The molecule has 23 heavy (non-hydrogen) atoms. The van der Waals surface area contributed by atoms with Crippen molar-refractivity contribution in [2.45, 2.75) is 32.7 Å². The van der Waals surface area contributed by atoms with E-state index in [1.165, 1.54) is 6.33 Å². The fourth-order valence-electron chi connectivity index (χ4n) is 2.99. The minimum atomic E-state index is 0.0516. The smallest absolute Gasteiger partial charge is 0.254 e. The van der Waals surface area contributed by atoms with E-state index in [1.807, 2.05) is 41.6 Å². The highest BCUT2D eigenvalue weighted by atomic mass is 16.5. The number of aryl methyl sites for hydroxylation is 1. The molecule has 122 valence electrons. The van der Waals surface area contributed by atoms with Crippen LogP contribution in [-0.2, 0) is 0 Å². The van der Waals surface area contributed by atoms with Crippen LogP contribution in [0.3, 0.4) is 0 Å². The summed E-state index contributed by atoms with van der Waals surface area (Å²) in [5.41, 5.74) is 1.72. The average Bonchev–Trinajstić information content (AvgIpc) is 3.11. The third kappa shape index (κ3) is 3.36. The first kappa shape index (κ1) is 15.5. The van der Waals surface area contributed by atoms with Crippen LogP contribution in [0.15, 0.2) is 30.9 Å². The molecular weight excluding hydrogens is 292 g/mol. The first-order chi connectivity index (χ1) is 11.2. The van der Waals surface area contributed by atoms with Crippen molar-refractivity contribution >= 4 is 5.91 Å². The van der Waals surface area contributed by atoms with Crippen molar-refractivity contribution in [3.05, 3.63) is 42.0 Å². The lowest BCUT2D eigenvalue weighted by atomic mass is 10.0. The van der Waals surface area contributed by atoms with E-state index in [9.17, 15) is 4.79 Å². The Hall–Kier alpha value is -2.37. The number of likely N-dealkylation sites (tertiary alicyclic amines) is 1. The summed E-state index contributed by atoms with van der Waals surface area (Å²) in [6, 6.07) is 5.86. The number of carbonyl (C=O) groups is 1. The van der Waals surface area contributed by atoms with Gasteiger partial charge >= 0.3 is 0 Å². The van der Waals surface area contributed by atoms with Crippen LogP contribution in [0, 0.1) is 6.92 Å². The van der Waals surface area contributed by atoms with Crippen LogP contribution in [-0.4, -0.2) is 45.3 Å². The summed E-state index contributed by atoms with van der Waals surface area (Å²) in [7, 11) is 0. The van der Waals surface area contributed by atoms with Gasteiger partial charge in [-0.1, -0.05) is 6.07 Å². The number of hydrogen-bond donors (Lipinski definition) is 0. The van der Waals surface area contributed by atoms with E-state index in [1.54, 1.807) is 6.33 Å². The van der Waals surface area contributed by atoms with Gasteiger partial charge in [0.15, 0.2) is 0 Å². The molecule has 1 saturated heterocycles. The molecule has 0 aliphatic carbocycles. The summed E-state index contributed by atoms with van der Waals surface area (Å²) in [6.45, 7) is 5.97. The maximum Gasteiger partial charge on any atom is 0.254 e. The largest absolute Gasteiger partial charge is 0.494 e. The third-order valence-corrected chi connectivity index (χ3v) is 4.23. The van der Waals surface area contributed by atoms with Crippen molar-refractivity contribution in [2.75, 3.05) is 19.7 Å². The minimum absolute atomic E-state index is 0.0516. The molecule has 2 aromatic rings.